The van der Waals surface area contributed by atoms with Crippen LogP contribution in [-0.4, -0.2) is 47.7 Å². The van der Waals surface area contributed by atoms with Crippen LogP contribution in [0, 0.1) is 5.92 Å². The number of nitrogens with one attached hydrogen (secondary N) is 1. The first-order chi connectivity index (χ1) is 15.6. The Kier molecular flexibility index (Phi) is 8.43. The minimum Gasteiger partial charge on any atom is -0.497 e. The minimum atomic E-state index is -0.250. The lowest BCUT2D eigenvalue weighted by Crippen LogP contribution is -2.38. The lowest BCUT2D eigenvalue weighted by molar-refractivity contribution is -0.123. The molecule has 9 nitrogen and oxygen atoms in total. The van der Waals surface area contributed by atoms with Crippen LogP contribution in [0.25, 0.3) is 11.1 Å². The van der Waals surface area contributed by atoms with Crippen molar-refractivity contribution in [3.8, 4) is 5.75 Å². The highest BCUT2D eigenvalue weighted by atomic mass is 32.1. The predicted molar refractivity (Wildman–Crippen MR) is 122 cm³/mol. The predicted octanol–water partition coefficient (Wildman–Crippen LogP) is 3.48. The number of rotatable bonds is 7. The number of hydrogen-bond acceptors (Lipinski definition) is 8. The molecule has 3 heterocycles. The van der Waals surface area contributed by atoms with E-state index in [2.05, 4.69) is 32.5 Å². The molecule has 32 heavy (non-hydrogen) atoms. The lowest BCUT2D eigenvalue weighted by Gasteiger charge is -2.31. The normalized spacial score (nSPS) is 15.7. The van der Waals surface area contributed by atoms with Crippen LogP contribution >= 0.6 is 11.3 Å². The molecule has 1 fully saturated rings. The summed E-state index contributed by atoms with van der Waals surface area (Å²) in [6.07, 6.45) is 3.49. The molecule has 1 saturated heterocycles. The van der Waals surface area contributed by atoms with Crippen molar-refractivity contribution in [1.82, 2.24) is 15.3 Å². The second-order valence-electron chi connectivity index (χ2n) is 7.46. The molecular weight excluding hydrogens is 432 g/mol. The standard InChI is InChI=1S/C21H26N4O3S.CH2O2/c1-3-15-13-29-20(23-15)11-22-19(26)9-14-5-4-8-25(12-14)21-24-17-10-16(27-2)6-7-18(17)28-21;2-1-3/h6-7,10,13-14H,3-5,8-9,11-12H2,1-2H3,(H,22,26);1H,(H,2,3). The van der Waals surface area contributed by atoms with Crippen LogP contribution < -0.4 is 15.0 Å². The van der Waals surface area contributed by atoms with Gasteiger partial charge in [0.05, 0.1) is 19.3 Å². The van der Waals surface area contributed by atoms with Gasteiger partial charge in [-0.3, -0.25) is 9.59 Å². The molecule has 0 saturated carbocycles. The van der Waals surface area contributed by atoms with E-state index in [1.54, 1.807) is 18.4 Å². The third-order valence-corrected chi connectivity index (χ3v) is 6.14. The van der Waals surface area contributed by atoms with Gasteiger partial charge in [0.15, 0.2) is 5.58 Å². The maximum atomic E-state index is 12.4. The minimum absolute atomic E-state index is 0.0763. The Morgan fingerprint density at radius 1 is 1.44 bits per heavy atom. The van der Waals surface area contributed by atoms with Crippen molar-refractivity contribution in [2.45, 2.75) is 39.2 Å². The Hall–Kier alpha value is -3.14. The number of benzene rings is 1. The zero-order chi connectivity index (χ0) is 22.9. The van der Waals surface area contributed by atoms with Crippen molar-refractivity contribution in [2.75, 3.05) is 25.1 Å². The molecule has 4 rings (SSSR count). The molecule has 10 heteroatoms. The van der Waals surface area contributed by atoms with Gasteiger partial charge >= 0.3 is 0 Å². The summed E-state index contributed by atoms with van der Waals surface area (Å²) in [6, 6.07) is 6.24. The molecule has 2 N–H and O–H groups in total. The molecule has 0 aliphatic carbocycles. The van der Waals surface area contributed by atoms with Gasteiger partial charge in [0.2, 0.25) is 5.91 Å². The number of fused-ring (bicyclic) bond motifs is 1. The Bertz CT molecular complexity index is 1030. The number of carboxylic acid groups (broad SMARTS) is 1. The van der Waals surface area contributed by atoms with Crippen LogP contribution in [0.5, 0.6) is 5.75 Å². The third kappa shape index (κ3) is 6.19. The van der Waals surface area contributed by atoms with Crippen LogP contribution in [0.2, 0.25) is 0 Å². The molecule has 1 atom stereocenters. The van der Waals surface area contributed by atoms with Gasteiger partial charge in [-0.25, -0.2) is 4.98 Å². The average Bonchev–Trinajstić information content (AvgIpc) is 3.44. The van der Waals surface area contributed by atoms with Crippen LogP contribution in [0.15, 0.2) is 28.0 Å². The van der Waals surface area contributed by atoms with E-state index in [9.17, 15) is 4.79 Å². The largest absolute Gasteiger partial charge is 0.497 e. The molecule has 172 valence electrons. The summed E-state index contributed by atoms with van der Waals surface area (Å²) in [7, 11) is 1.64. The van der Waals surface area contributed by atoms with Crippen LogP contribution in [0.3, 0.4) is 0 Å². The van der Waals surface area contributed by atoms with Gasteiger partial charge in [0.25, 0.3) is 12.5 Å². The number of oxazole rings is 1. The highest BCUT2D eigenvalue weighted by molar-refractivity contribution is 7.09. The van der Waals surface area contributed by atoms with Gasteiger partial charge in [-0.2, -0.15) is 4.98 Å². The first-order valence-electron chi connectivity index (χ1n) is 10.5. The number of carbonyl (C=O) groups is 2. The fourth-order valence-electron chi connectivity index (χ4n) is 3.66. The Balaban J connectivity index is 0.000000913. The average molecular weight is 461 g/mol. The summed E-state index contributed by atoms with van der Waals surface area (Å²) in [4.78, 5) is 32.0. The zero-order valence-corrected chi connectivity index (χ0v) is 19.1. The van der Waals surface area contributed by atoms with Gasteiger partial charge in [-0.1, -0.05) is 6.92 Å². The number of hydrogen-bond donors (Lipinski definition) is 2. The maximum Gasteiger partial charge on any atom is 0.298 e. The summed E-state index contributed by atoms with van der Waals surface area (Å²) in [5, 5.41) is 12.9. The molecule has 1 aliphatic heterocycles. The van der Waals surface area contributed by atoms with E-state index < -0.39 is 0 Å². The monoisotopic (exact) mass is 460 g/mol. The maximum absolute atomic E-state index is 12.4. The number of ether oxygens (including phenoxy) is 1. The summed E-state index contributed by atoms with van der Waals surface area (Å²) in [6.45, 7) is 4.00. The van der Waals surface area contributed by atoms with Gasteiger partial charge < -0.3 is 24.5 Å². The van der Waals surface area contributed by atoms with Crippen molar-refractivity contribution < 1.29 is 23.8 Å². The van der Waals surface area contributed by atoms with Crippen molar-refractivity contribution in [1.29, 1.82) is 0 Å². The van der Waals surface area contributed by atoms with Gasteiger partial charge in [-0.05, 0) is 37.3 Å². The number of thiazole rings is 1. The lowest BCUT2D eigenvalue weighted by atomic mass is 9.95. The number of amides is 1. The molecule has 2 aromatic heterocycles. The third-order valence-electron chi connectivity index (χ3n) is 5.25. The van der Waals surface area contributed by atoms with E-state index in [4.69, 9.17) is 19.1 Å². The number of anilines is 1. The summed E-state index contributed by atoms with van der Waals surface area (Å²) >= 11 is 1.60. The van der Waals surface area contributed by atoms with Crippen LogP contribution in [0.1, 0.15) is 36.9 Å². The van der Waals surface area contributed by atoms with Crippen LogP contribution in [0.4, 0.5) is 6.01 Å². The number of aromatic nitrogens is 2. The highest BCUT2D eigenvalue weighted by Gasteiger charge is 2.25. The quantitative estimate of drug-likeness (QED) is 0.515. The molecule has 0 bridgehead atoms. The van der Waals surface area contributed by atoms with Crippen molar-refractivity contribution in [3.05, 3.63) is 34.3 Å². The summed E-state index contributed by atoms with van der Waals surface area (Å²) in [5.41, 5.74) is 2.61. The molecule has 1 aliphatic rings. The Labute approximate surface area is 190 Å². The molecular formula is C22H28N4O5S. The topological polar surface area (TPSA) is 118 Å². The molecule has 3 aromatic rings. The Morgan fingerprint density at radius 2 is 2.25 bits per heavy atom. The zero-order valence-electron chi connectivity index (χ0n) is 18.2. The molecule has 0 radical (unpaired) electrons. The van der Waals surface area contributed by atoms with E-state index >= 15 is 0 Å². The first-order valence-corrected chi connectivity index (χ1v) is 11.4. The van der Waals surface area contributed by atoms with Crippen molar-refractivity contribution >= 4 is 40.8 Å². The van der Waals surface area contributed by atoms with E-state index in [0.717, 1.165) is 59.9 Å². The van der Waals surface area contributed by atoms with Gasteiger partial charge in [0, 0.05) is 31.0 Å². The number of piperidine rings is 1. The fourth-order valence-corrected chi connectivity index (χ4v) is 4.48. The second-order valence-corrected chi connectivity index (χ2v) is 8.40. The fraction of sp³-hybridized carbons (Fsp3) is 0.455. The number of nitrogens with zero attached hydrogens (tertiary/aromatic N) is 3. The number of methoxy groups -OCH3 is 1. The van der Waals surface area contributed by atoms with Gasteiger partial charge in [0.1, 0.15) is 16.3 Å². The number of carbonyl (C=O) groups excluding carboxylic acids is 1. The Morgan fingerprint density at radius 3 is 2.97 bits per heavy atom. The van der Waals surface area contributed by atoms with Crippen molar-refractivity contribution in [3.63, 3.8) is 0 Å². The van der Waals surface area contributed by atoms with E-state index in [1.165, 1.54) is 0 Å². The smallest absolute Gasteiger partial charge is 0.298 e. The first kappa shape index (κ1) is 23.5. The SMILES string of the molecule is CCc1csc(CNC(=O)CC2CCCN(c3nc4cc(OC)ccc4o3)C2)n1.O=CO. The van der Waals surface area contributed by atoms with Crippen molar-refractivity contribution in [2.24, 2.45) is 5.92 Å². The molecule has 1 amide bonds. The summed E-state index contributed by atoms with van der Waals surface area (Å²) in [5.74, 6) is 1.13. The molecule has 1 unspecified atom stereocenters. The number of aryl methyl sites for hydroxylation is 1. The highest BCUT2D eigenvalue weighted by Crippen LogP contribution is 2.29. The van der Waals surface area contributed by atoms with E-state index in [1.807, 2.05) is 18.2 Å². The van der Waals surface area contributed by atoms with Crippen LogP contribution in [-0.2, 0) is 22.6 Å². The molecule has 1 aromatic carbocycles. The second kappa shape index (κ2) is 11.5. The molecule has 0 spiro atoms. The summed E-state index contributed by atoms with van der Waals surface area (Å²) < 4.78 is 11.2. The van der Waals surface area contributed by atoms with E-state index in [0.29, 0.717) is 19.0 Å². The van der Waals surface area contributed by atoms with Gasteiger partial charge in [-0.15, -0.1) is 11.3 Å². The van der Waals surface area contributed by atoms with E-state index in [-0.39, 0.29) is 18.3 Å².